The quantitative estimate of drug-likeness (QED) is 0.514. The van der Waals surface area contributed by atoms with Crippen molar-refractivity contribution in [2.24, 2.45) is 5.16 Å². The predicted molar refractivity (Wildman–Crippen MR) is 75.2 cm³/mol. The second-order valence-corrected chi connectivity index (χ2v) is 5.20. The Kier molecular flexibility index (Phi) is 3.91. The van der Waals surface area contributed by atoms with E-state index in [1.54, 1.807) is 37.4 Å². The summed E-state index contributed by atoms with van der Waals surface area (Å²) in [4.78, 5) is 16.5. The molecule has 0 aliphatic rings. The van der Waals surface area contributed by atoms with Gasteiger partial charge in [0, 0.05) is 5.69 Å². The maximum Gasteiger partial charge on any atom is 0.267 e. The molecule has 0 radical (unpaired) electrons. The third-order valence-electron chi connectivity index (χ3n) is 2.56. The third-order valence-corrected chi connectivity index (χ3v) is 3.47. The molecule has 0 saturated carbocycles. The molecule has 1 heterocycles. The van der Waals surface area contributed by atoms with Crippen LogP contribution in [0.3, 0.4) is 0 Å². The normalized spacial score (nSPS) is 11.4. The molecular formula is C13H13N3O2S. The topological polar surface area (TPSA) is 74.6 Å². The molecule has 19 heavy (non-hydrogen) atoms. The van der Waals surface area contributed by atoms with Crippen molar-refractivity contribution in [1.29, 1.82) is 0 Å². The van der Waals surface area contributed by atoms with Crippen LogP contribution in [0.2, 0.25) is 0 Å². The summed E-state index contributed by atoms with van der Waals surface area (Å²) in [7, 11) is 0. The molecule has 1 amide bonds. The van der Waals surface area contributed by atoms with E-state index in [0.717, 1.165) is 10.6 Å². The summed E-state index contributed by atoms with van der Waals surface area (Å²) in [6, 6.07) is 7.08. The van der Waals surface area contributed by atoms with E-state index in [1.165, 1.54) is 11.3 Å². The standard InChI is InChI=1S/C13H13N3O2S/c1-8(16-18)10-3-5-11(6-4-10)15-13(17)12-7-14-9(2)19-12/h3-7,18H,1-2H3,(H,15,17)/b16-8-. The fourth-order valence-electron chi connectivity index (χ4n) is 1.51. The van der Waals surface area contributed by atoms with Gasteiger partial charge in [0.15, 0.2) is 0 Å². The van der Waals surface area contributed by atoms with Gasteiger partial charge >= 0.3 is 0 Å². The number of hydrogen-bond donors (Lipinski definition) is 2. The average Bonchev–Trinajstić information content (AvgIpc) is 2.85. The van der Waals surface area contributed by atoms with Gasteiger partial charge in [0.1, 0.15) is 4.88 Å². The molecule has 2 N–H and O–H groups in total. The Bertz CT molecular complexity index is 617. The Labute approximate surface area is 114 Å². The highest BCUT2D eigenvalue weighted by Crippen LogP contribution is 2.15. The summed E-state index contributed by atoms with van der Waals surface area (Å²) in [6.07, 6.45) is 1.56. The minimum atomic E-state index is -0.175. The molecule has 0 fully saturated rings. The lowest BCUT2D eigenvalue weighted by molar-refractivity contribution is 0.103. The van der Waals surface area contributed by atoms with E-state index in [4.69, 9.17) is 5.21 Å². The van der Waals surface area contributed by atoms with Gasteiger partial charge in [-0.15, -0.1) is 11.3 Å². The summed E-state index contributed by atoms with van der Waals surface area (Å²) >= 11 is 1.35. The van der Waals surface area contributed by atoms with Crippen LogP contribution in [-0.2, 0) is 0 Å². The Morgan fingerprint density at radius 3 is 2.58 bits per heavy atom. The van der Waals surface area contributed by atoms with E-state index in [0.29, 0.717) is 16.3 Å². The number of oxime groups is 1. The van der Waals surface area contributed by atoms with Crippen molar-refractivity contribution in [3.05, 3.63) is 45.9 Å². The first kappa shape index (κ1) is 13.2. The number of aromatic nitrogens is 1. The molecule has 0 atom stereocenters. The largest absolute Gasteiger partial charge is 0.411 e. The Balaban J connectivity index is 2.10. The van der Waals surface area contributed by atoms with Crippen molar-refractivity contribution < 1.29 is 10.0 Å². The zero-order chi connectivity index (χ0) is 13.8. The van der Waals surface area contributed by atoms with E-state index in [-0.39, 0.29) is 5.91 Å². The molecule has 0 saturated heterocycles. The van der Waals surface area contributed by atoms with Gasteiger partial charge in [-0.3, -0.25) is 4.79 Å². The number of amides is 1. The smallest absolute Gasteiger partial charge is 0.267 e. The summed E-state index contributed by atoms with van der Waals surface area (Å²) < 4.78 is 0. The number of nitrogens with zero attached hydrogens (tertiary/aromatic N) is 2. The van der Waals surface area contributed by atoms with Gasteiger partial charge in [-0.05, 0) is 31.5 Å². The third kappa shape index (κ3) is 3.17. The van der Waals surface area contributed by atoms with E-state index >= 15 is 0 Å². The molecule has 1 aromatic carbocycles. The molecule has 6 heteroatoms. The zero-order valence-corrected chi connectivity index (χ0v) is 11.4. The number of anilines is 1. The maximum atomic E-state index is 11.9. The van der Waals surface area contributed by atoms with Crippen LogP contribution in [0.4, 0.5) is 5.69 Å². The van der Waals surface area contributed by atoms with Gasteiger partial charge in [-0.1, -0.05) is 17.3 Å². The number of carbonyl (C=O) groups excluding carboxylic acids is 1. The maximum absolute atomic E-state index is 11.9. The lowest BCUT2D eigenvalue weighted by Gasteiger charge is -2.04. The highest BCUT2D eigenvalue weighted by molar-refractivity contribution is 7.13. The molecular weight excluding hydrogens is 262 g/mol. The van der Waals surface area contributed by atoms with E-state index in [1.807, 2.05) is 6.92 Å². The van der Waals surface area contributed by atoms with Gasteiger partial charge < -0.3 is 10.5 Å². The molecule has 2 aromatic rings. The van der Waals surface area contributed by atoms with Gasteiger partial charge in [-0.25, -0.2) is 4.98 Å². The highest BCUT2D eigenvalue weighted by atomic mass is 32.1. The fraction of sp³-hybridized carbons (Fsp3) is 0.154. The van der Waals surface area contributed by atoms with Gasteiger partial charge in [0.2, 0.25) is 0 Å². The Morgan fingerprint density at radius 1 is 1.37 bits per heavy atom. The monoisotopic (exact) mass is 275 g/mol. The Morgan fingerprint density at radius 2 is 2.05 bits per heavy atom. The number of rotatable bonds is 3. The molecule has 1 aromatic heterocycles. The molecule has 0 unspecified atom stereocenters. The van der Waals surface area contributed by atoms with Gasteiger partial charge in [0.25, 0.3) is 5.91 Å². The molecule has 0 aliphatic heterocycles. The second-order valence-electron chi connectivity index (χ2n) is 3.96. The van der Waals surface area contributed by atoms with Gasteiger partial charge in [0.05, 0.1) is 16.9 Å². The van der Waals surface area contributed by atoms with Crippen LogP contribution in [0.25, 0.3) is 0 Å². The van der Waals surface area contributed by atoms with Crippen molar-refractivity contribution in [3.63, 3.8) is 0 Å². The lowest BCUT2D eigenvalue weighted by atomic mass is 10.1. The van der Waals surface area contributed by atoms with Crippen LogP contribution < -0.4 is 5.32 Å². The van der Waals surface area contributed by atoms with Crippen LogP contribution in [0.5, 0.6) is 0 Å². The Hall–Kier alpha value is -2.21. The summed E-state index contributed by atoms with van der Waals surface area (Å²) in [5.41, 5.74) is 2.01. The van der Waals surface area contributed by atoms with Crippen LogP contribution in [0.15, 0.2) is 35.6 Å². The molecule has 0 aliphatic carbocycles. The molecule has 5 nitrogen and oxygen atoms in total. The summed E-state index contributed by atoms with van der Waals surface area (Å²) in [5.74, 6) is -0.175. The summed E-state index contributed by atoms with van der Waals surface area (Å²) in [5, 5.41) is 15.4. The van der Waals surface area contributed by atoms with E-state index in [2.05, 4.69) is 15.5 Å². The minimum Gasteiger partial charge on any atom is -0.411 e. The number of carbonyl (C=O) groups is 1. The molecule has 0 bridgehead atoms. The highest BCUT2D eigenvalue weighted by Gasteiger charge is 2.09. The van der Waals surface area contributed by atoms with Crippen molar-refractivity contribution >= 4 is 28.6 Å². The van der Waals surface area contributed by atoms with Crippen molar-refractivity contribution in [1.82, 2.24) is 4.98 Å². The average molecular weight is 275 g/mol. The van der Waals surface area contributed by atoms with Crippen LogP contribution in [-0.4, -0.2) is 21.8 Å². The van der Waals surface area contributed by atoms with E-state index in [9.17, 15) is 4.79 Å². The SMILES string of the molecule is C/C(=N/O)c1ccc(NC(=O)c2cnc(C)s2)cc1. The first-order valence-electron chi connectivity index (χ1n) is 5.63. The predicted octanol–water partition coefficient (Wildman–Crippen LogP) is 2.90. The van der Waals surface area contributed by atoms with E-state index < -0.39 is 0 Å². The van der Waals surface area contributed by atoms with Crippen LogP contribution >= 0.6 is 11.3 Å². The number of nitrogens with one attached hydrogen (secondary N) is 1. The second kappa shape index (κ2) is 5.62. The van der Waals surface area contributed by atoms with Crippen LogP contribution in [0.1, 0.15) is 27.2 Å². The first-order valence-corrected chi connectivity index (χ1v) is 6.44. The number of thiazole rings is 1. The fourth-order valence-corrected chi connectivity index (χ4v) is 2.18. The zero-order valence-electron chi connectivity index (χ0n) is 10.5. The first-order chi connectivity index (χ1) is 9.10. The number of benzene rings is 1. The van der Waals surface area contributed by atoms with Crippen LogP contribution in [0, 0.1) is 6.92 Å². The molecule has 2 rings (SSSR count). The molecule has 98 valence electrons. The molecule has 0 spiro atoms. The van der Waals surface area contributed by atoms with Gasteiger partial charge in [-0.2, -0.15) is 0 Å². The number of aryl methyl sites for hydroxylation is 1. The minimum absolute atomic E-state index is 0.175. The number of hydrogen-bond acceptors (Lipinski definition) is 5. The van der Waals surface area contributed by atoms with Crippen molar-refractivity contribution in [2.75, 3.05) is 5.32 Å². The summed E-state index contributed by atoms with van der Waals surface area (Å²) in [6.45, 7) is 3.56. The van der Waals surface area contributed by atoms with Crippen molar-refractivity contribution in [2.45, 2.75) is 13.8 Å². The lowest BCUT2D eigenvalue weighted by Crippen LogP contribution is -2.10. The van der Waals surface area contributed by atoms with Crippen molar-refractivity contribution in [3.8, 4) is 0 Å².